The van der Waals surface area contributed by atoms with Crippen molar-refractivity contribution in [1.82, 2.24) is 10.2 Å². The number of piperazine rings is 1. The van der Waals surface area contributed by atoms with Gasteiger partial charge in [-0.25, -0.2) is 8.78 Å². The Kier molecular flexibility index (Phi) is 4.88. The van der Waals surface area contributed by atoms with E-state index in [1.54, 1.807) is 12.1 Å². The van der Waals surface area contributed by atoms with Gasteiger partial charge in [-0.3, -0.25) is 4.90 Å². The molecule has 1 atom stereocenters. The second-order valence-corrected chi connectivity index (χ2v) is 5.67. The summed E-state index contributed by atoms with van der Waals surface area (Å²) < 4.78 is 27.0. The van der Waals surface area contributed by atoms with Crippen molar-refractivity contribution in [2.75, 3.05) is 19.6 Å². The first-order chi connectivity index (χ1) is 9.08. The molecule has 106 valence electrons. The van der Waals surface area contributed by atoms with E-state index in [0.29, 0.717) is 24.1 Å². The molecule has 0 aliphatic carbocycles. The molecule has 1 fully saturated rings. The Labute approximate surface area is 113 Å². The molecule has 1 N–H and O–H groups in total. The summed E-state index contributed by atoms with van der Waals surface area (Å²) in [4.78, 5) is 2.26. The fourth-order valence-electron chi connectivity index (χ4n) is 2.68. The Morgan fingerprint density at radius 1 is 1.37 bits per heavy atom. The van der Waals surface area contributed by atoms with E-state index < -0.39 is 11.6 Å². The quantitative estimate of drug-likeness (QED) is 0.903. The lowest BCUT2D eigenvalue weighted by atomic mass is 10.00. The third-order valence-corrected chi connectivity index (χ3v) is 3.62. The van der Waals surface area contributed by atoms with Crippen LogP contribution < -0.4 is 5.32 Å². The maximum atomic E-state index is 13.7. The molecule has 0 saturated carbocycles. The molecule has 1 aliphatic rings. The van der Waals surface area contributed by atoms with E-state index in [1.165, 1.54) is 6.07 Å². The lowest BCUT2D eigenvalue weighted by molar-refractivity contribution is 0.132. The number of nitrogens with one attached hydrogen (secondary N) is 1. The van der Waals surface area contributed by atoms with Crippen LogP contribution in [-0.4, -0.2) is 30.6 Å². The van der Waals surface area contributed by atoms with Crippen molar-refractivity contribution in [1.29, 1.82) is 0 Å². The number of benzene rings is 1. The zero-order chi connectivity index (χ0) is 13.8. The zero-order valence-electron chi connectivity index (χ0n) is 11.6. The minimum atomic E-state index is -0.756. The number of nitrogens with zero attached hydrogens (tertiary/aromatic N) is 1. The molecular formula is C15H22F2N2. The van der Waals surface area contributed by atoms with Crippen LogP contribution >= 0.6 is 0 Å². The Balaban J connectivity index is 2.08. The molecule has 0 bridgehead atoms. The molecule has 2 nitrogen and oxygen atoms in total. The standard InChI is InChI=1S/C15H22F2N2/c1-11(2)8-13-9-18-6-7-19(13)10-12-4-3-5-14(16)15(12)17/h3-5,11,13,18H,6-10H2,1-2H3. The van der Waals surface area contributed by atoms with Crippen molar-refractivity contribution >= 4 is 0 Å². The largest absolute Gasteiger partial charge is 0.314 e. The Hall–Kier alpha value is -1.00. The van der Waals surface area contributed by atoms with Gasteiger partial charge in [0.2, 0.25) is 0 Å². The minimum absolute atomic E-state index is 0.399. The number of hydrogen-bond donors (Lipinski definition) is 1. The van der Waals surface area contributed by atoms with Gasteiger partial charge in [-0.2, -0.15) is 0 Å². The van der Waals surface area contributed by atoms with Gasteiger partial charge in [0.25, 0.3) is 0 Å². The van der Waals surface area contributed by atoms with Crippen LogP contribution in [0.15, 0.2) is 18.2 Å². The summed E-state index contributed by atoms with van der Waals surface area (Å²) in [5.74, 6) is -0.859. The number of halogens is 2. The van der Waals surface area contributed by atoms with Crippen molar-refractivity contribution in [3.63, 3.8) is 0 Å². The zero-order valence-corrected chi connectivity index (χ0v) is 11.6. The van der Waals surface area contributed by atoms with Crippen molar-refractivity contribution in [3.8, 4) is 0 Å². The van der Waals surface area contributed by atoms with Crippen molar-refractivity contribution in [2.24, 2.45) is 5.92 Å². The summed E-state index contributed by atoms with van der Waals surface area (Å²) in [5, 5.41) is 3.37. The molecule has 4 heteroatoms. The van der Waals surface area contributed by atoms with Gasteiger partial charge < -0.3 is 5.32 Å². The average Bonchev–Trinajstić information content (AvgIpc) is 2.36. The SMILES string of the molecule is CC(C)CC1CNCCN1Cc1cccc(F)c1F. The van der Waals surface area contributed by atoms with Gasteiger partial charge in [0, 0.05) is 37.8 Å². The number of hydrogen-bond acceptors (Lipinski definition) is 2. The summed E-state index contributed by atoms with van der Waals surface area (Å²) in [5.41, 5.74) is 0.454. The van der Waals surface area contributed by atoms with Crippen molar-refractivity contribution in [3.05, 3.63) is 35.4 Å². The topological polar surface area (TPSA) is 15.3 Å². The smallest absolute Gasteiger partial charge is 0.163 e. The molecule has 19 heavy (non-hydrogen) atoms. The van der Waals surface area contributed by atoms with E-state index in [1.807, 2.05) is 0 Å². The van der Waals surface area contributed by atoms with Gasteiger partial charge >= 0.3 is 0 Å². The van der Waals surface area contributed by atoms with Gasteiger partial charge in [-0.15, -0.1) is 0 Å². The van der Waals surface area contributed by atoms with Crippen LogP contribution in [0.2, 0.25) is 0 Å². The summed E-state index contributed by atoms with van der Waals surface area (Å²) in [6.45, 7) is 7.59. The van der Waals surface area contributed by atoms with E-state index in [0.717, 1.165) is 26.1 Å². The fraction of sp³-hybridized carbons (Fsp3) is 0.600. The first-order valence-electron chi connectivity index (χ1n) is 6.95. The Morgan fingerprint density at radius 3 is 2.89 bits per heavy atom. The minimum Gasteiger partial charge on any atom is -0.314 e. The first-order valence-corrected chi connectivity index (χ1v) is 6.95. The third-order valence-electron chi connectivity index (χ3n) is 3.62. The van der Waals surface area contributed by atoms with Crippen LogP contribution in [0.4, 0.5) is 8.78 Å². The lowest BCUT2D eigenvalue weighted by Crippen LogP contribution is -2.51. The highest BCUT2D eigenvalue weighted by molar-refractivity contribution is 5.19. The molecular weight excluding hydrogens is 246 g/mol. The number of rotatable bonds is 4. The van der Waals surface area contributed by atoms with Crippen LogP contribution in [-0.2, 0) is 6.54 Å². The normalized spacial score (nSPS) is 21.0. The van der Waals surface area contributed by atoms with Gasteiger partial charge in [0.05, 0.1) is 0 Å². The molecule has 1 heterocycles. The maximum Gasteiger partial charge on any atom is 0.163 e. The molecule has 0 radical (unpaired) electrons. The monoisotopic (exact) mass is 268 g/mol. The molecule has 1 unspecified atom stereocenters. The molecule has 1 aromatic rings. The highest BCUT2D eigenvalue weighted by Crippen LogP contribution is 2.19. The molecule has 2 rings (SSSR count). The summed E-state index contributed by atoms with van der Waals surface area (Å²) in [7, 11) is 0. The van der Waals surface area contributed by atoms with Crippen LogP contribution in [0.3, 0.4) is 0 Å². The highest BCUT2D eigenvalue weighted by Gasteiger charge is 2.24. The van der Waals surface area contributed by atoms with Gasteiger partial charge in [0.1, 0.15) is 0 Å². The highest BCUT2D eigenvalue weighted by atomic mass is 19.2. The van der Waals surface area contributed by atoms with Crippen LogP contribution in [0.5, 0.6) is 0 Å². The van der Waals surface area contributed by atoms with Crippen LogP contribution in [0, 0.1) is 17.6 Å². The maximum absolute atomic E-state index is 13.7. The van der Waals surface area contributed by atoms with Crippen molar-refractivity contribution in [2.45, 2.75) is 32.9 Å². The van der Waals surface area contributed by atoms with Gasteiger partial charge in [-0.1, -0.05) is 26.0 Å². The average molecular weight is 268 g/mol. The molecule has 1 saturated heterocycles. The van der Waals surface area contributed by atoms with Crippen LogP contribution in [0.1, 0.15) is 25.8 Å². The van der Waals surface area contributed by atoms with E-state index in [2.05, 4.69) is 24.1 Å². The molecule has 0 spiro atoms. The fourth-order valence-corrected chi connectivity index (χ4v) is 2.68. The van der Waals surface area contributed by atoms with Crippen LogP contribution in [0.25, 0.3) is 0 Å². The van der Waals surface area contributed by atoms with E-state index in [9.17, 15) is 8.78 Å². The third kappa shape index (κ3) is 3.74. The van der Waals surface area contributed by atoms with Crippen molar-refractivity contribution < 1.29 is 8.78 Å². The predicted octanol–water partition coefficient (Wildman–Crippen LogP) is 2.78. The Morgan fingerprint density at radius 2 is 2.16 bits per heavy atom. The lowest BCUT2D eigenvalue weighted by Gasteiger charge is -2.37. The second kappa shape index (κ2) is 6.44. The Bertz CT molecular complexity index is 421. The predicted molar refractivity (Wildman–Crippen MR) is 72.9 cm³/mol. The van der Waals surface area contributed by atoms with Gasteiger partial charge in [-0.05, 0) is 18.4 Å². The van der Waals surface area contributed by atoms with E-state index in [4.69, 9.17) is 0 Å². The summed E-state index contributed by atoms with van der Waals surface area (Å²) >= 11 is 0. The van der Waals surface area contributed by atoms with E-state index >= 15 is 0 Å². The van der Waals surface area contributed by atoms with Gasteiger partial charge in [0.15, 0.2) is 11.6 Å². The second-order valence-electron chi connectivity index (χ2n) is 5.67. The molecule has 1 aliphatic heterocycles. The molecule has 0 amide bonds. The first kappa shape index (κ1) is 14.4. The molecule has 1 aromatic carbocycles. The summed E-state index contributed by atoms with van der Waals surface area (Å²) in [6.07, 6.45) is 1.07. The molecule has 0 aromatic heterocycles. The summed E-state index contributed by atoms with van der Waals surface area (Å²) in [6, 6.07) is 4.82. The van der Waals surface area contributed by atoms with E-state index in [-0.39, 0.29) is 0 Å².